The summed E-state index contributed by atoms with van der Waals surface area (Å²) in [6.07, 6.45) is 0.499. The molecule has 0 spiro atoms. The zero-order valence-corrected chi connectivity index (χ0v) is 11.6. The summed E-state index contributed by atoms with van der Waals surface area (Å²) < 4.78 is 0. The van der Waals surface area contributed by atoms with Gasteiger partial charge in [0.25, 0.3) is 0 Å². The van der Waals surface area contributed by atoms with Gasteiger partial charge in [-0.15, -0.1) is 11.3 Å². The summed E-state index contributed by atoms with van der Waals surface area (Å²) in [5, 5.41) is 14.4. The monoisotopic (exact) mass is 275 g/mol. The Bertz CT molecular complexity index is 536. The third-order valence-corrected chi connectivity index (χ3v) is 3.97. The molecular weight excluding hydrogens is 258 g/mol. The fourth-order valence-corrected chi connectivity index (χ4v) is 2.65. The van der Waals surface area contributed by atoms with E-state index >= 15 is 0 Å². The second-order valence-corrected chi connectivity index (χ2v) is 5.58. The van der Waals surface area contributed by atoms with Crippen molar-refractivity contribution in [1.82, 2.24) is 5.32 Å². The van der Waals surface area contributed by atoms with Gasteiger partial charge in [-0.05, 0) is 35.9 Å². The molecule has 4 heteroatoms. The molecule has 0 aliphatic carbocycles. The van der Waals surface area contributed by atoms with Crippen molar-refractivity contribution in [3.05, 3.63) is 57.8 Å². The number of aryl methyl sites for hydroxylation is 1. The van der Waals surface area contributed by atoms with E-state index in [1.165, 1.54) is 10.4 Å². The predicted molar refractivity (Wildman–Crippen MR) is 77.5 cm³/mol. The van der Waals surface area contributed by atoms with Gasteiger partial charge in [0, 0.05) is 11.4 Å². The molecule has 0 radical (unpaired) electrons. The van der Waals surface area contributed by atoms with Crippen molar-refractivity contribution in [1.29, 1.82) is 0 Å². The lowest BCUT2D eigenvalue weighted by molar-refractivity contribution is -0.139. The normalized spacial score (nSPS) is 12.3. The first-order chi connectivity index (χ1) is 9.16. The van der Waals surface area contributed by atoms with E-state index in [2.05, 4.69) is 12.2 Å². The maximum Gasteiger partial charge on any atom is 0.321 e. The number of carbonyl (C=O) groups is 1. The van der Waals surface area contributed by atoms with Gasteiger partial charge >= 0.3 is 5.97 Å². The first kappa shape index (κ1) is 13.8. The van der Waals surface area contributed by atoms with Crippen molar-refractivity contribution < 1.29 is 9.90 Å². The molecule has 2 rings (SSSR count). The zero-order chi connectivity index (χ0) is 13.7. The van der Waals surface area contributed by atoms with Crippen LogP contribution in [0.4, 0.5) is 0 Å². The molecule has 1 aromatic heterocycles. The van der Waals surface area contributed by atoms with E-state index in [0.717, 1.165) is 5.56 Å². The van der Waals surface area contributed by atoms with E-state index < -0.39 is 12.0 Å². The van der Waals surface area contributed by atoms with E-state index in [-0.39, 0.29) is 0 Å². The average Bonchev–Trinajstić information content (AvgIpc) is 2.81. The lowest BCUT2D eigenvalue weighted by Gasteiger charge is -2.14. The van der Waals surface area contributed by atoms with E-state index in [1.807, 2.05) is 41.8 Å². The second-order valence-electron chi connectivity index (χ2n) is 4.46. The summed E-state index contributed by atoms with van der Waals surface area (Å²) in [5.74, 6) is -0.809. The zero-order valence-electron chi connectivity index (χ0n) is 10.8. The number of aliphatic carboxylic acids is 1. The summed E-state index contributed by atoms with van der Waals surface area (Å²) in [6.45, 7) is 2.65. The van der Waals surface area contributed by atoms with Crippen LogP contribution in [0.1, 0.15) is 16.0 Å². The van der Waals surface area contributed by atoms with Gasteiger partial charge in [-0.25, -0.2) is 0 Å². The van der Waals surface area contributed by atoms with E-state index in [9.17, 15) is 9.90 Å². The minimum atomic E-state index is -0.809. The highest BCUT2D eigenvalue weighted by molar-refractivity contribution is 7.10. The molecule has 3 nitrogen and oxygen atoms in total. The molecular formula is C15H17NO2S. The number of thiophene rings is 1. The molecule has 0 saturated heterocycles. The lowest BCUT2D eigenvalue weighted by atomic mass is 10.1. The second kappa shape index (κ2) is 6.50. The molecule has 0 aliphatic rings. The molecule has 19 heavy (non-hydrogen) atoms. The number of hydrogen-bond donors (Lipinski definition) is 2. The number of carboxylic acids is 1. The molecule has 0 unspecified atom stereocenters. The van der Waals surface area contributed by atoms with Gasteiger partial charge < -0.3 is 5.11 Å². The number of carboxylic acid groups (broad SMARTS) is 1. The van der Waals surface area contributed by atoms with Gasteiger partial charge in [0.2, 0.25) is 0 Å². The van der Waals surface area contributed by atoms with Crippen molar-refractivity contribution in [2.75, 3.05) is 0 Å². The number of benzene rings is 1. The van der Waals surface area contributed by atoms with Crippen LogP contribution in [0.5, 0.6) is 0 Å². The van der Waals surface area contributed by atoms with Crippen LogP contribution in [0.3, 0.4) is 0 Å². The van der Waals surface area contributed by atoms with E-state index in [1.54, 1.807) is 11.3 Å². The Hall–Kier alpha value is -1.65. The van der Waals surface area contributed by atoms with Crippen LogP contribution in [0, 0.1) is 6.92 Å². The van der Waals surface area contributed by atoms with Gasteiger partial charge in [-0.3, -0.25) is 10.1 Å². The highest BCUT2D eigenvalue weighted by Crippen LogP contribution is 2.15. The molecule has 0 saturated carbocycles. The highest BCUT2D eigenvalue weighted by Gasteiger charge is 2.17. The molecule has 1 heterocycles. The maximum atomic E-state index is 11.3. The fourth-order valence-electron chi connectivity index (χ4n) is 1.92. The summed E-state index contributed by atoms with van der Waals surface area (Å²) >= 11 is 1.68. The van der Waals surface area contributed by atoms with Gasteiger partial charge in [0.1, 0.15) is 6.04 Å². The van der Waals surface area contributed by atoms with Crippen LogP contribution in [0.15, 0.2) is 41.8 Å². The number of hydrogen-bond acceptors (Lipinski definition) is 3. The van der Waals surface area contributed by atoms with Gasteiger partial charge in [-0.2, -0.15) is 0 Å². The minimum Gasteiger partial charge on any atom is -0.480 e. The standard InChI is InChI=1S/C15H17NO2S/c1-11-13(7-8-19-11)10-16-14(15(17)18)9-12-5-3-2-4-6-12/h2-8,14,16H,9-10H2,1H3,(H,17,18)/t14-/m1/s1. The maximum absolute atomic E-state index is 11.3. The summed E-state index contributed by atoms with van der Waals surface area (Å²) in [6, 6.07) is 11.2. The summed E-state index contributed by atoms with van der Waals surface area (Å²) in [7, 11) is 0. The van der Waals surface area contributed by atoms with Crippen LogP contribution in [0.2, 0.25) is 0 Å². The fraction of sp³-hybridized carbons (Fsp3) is 0.267. The third kappa shape index (κ3) is 3.91. The summed E-state index contributed by atoms with van der Waals surface area (Å²) in [4.78, 5) is 12.5. The molecule has 2 aromatic rings. The highest BCUT2D eigenvalue weighted by atomic mass is 32.1. The Morgan fingerprint density at radius 1 is 1.32 bits per heavy atom. The molecule has 1 aromatic carbocycles. The lowest BCUT2D eigenvalue weighted by Crippen LogP contribution is -2.38. The van der Waals surface area contributed by atoms with E-state index in [4.69, 9.17) is 0 Å². The molecule has 0 bridgehead atoms. The van der Waals surface area contributed by atoms with Crippen molar-refractivity contribution in [2.45, 2.75) is 25.9 Å². The van der Waals surface area contributed by atoms with Crippen LogP contribution >= 0.6 is 11.3 Å². The number of nitrogens with one attached hydrogen (secondary N) is 1. The van der Waals surface area contributed by atoms with Crippen LogP contribution in [-0.2, 0) is 17.8 Å². The smallest absolute Gasteiger partial charge is 0.321 e. The van der Waals surface area contributed by atoms with Crippen molar-refractivity contribution in [3.63, 3.8) is 0 Å². The first-order valence-corrected chi connectivity index (χ1v) is 7.08. The minimum absolute atomic E-state index is 0.499. The Balaban J connectivity index is 1.97. The summed E-state index contributed by atoms with van der Waals surface area (Å²) in [5.41, 5.74) is 2.20. The Labute approximate surface area is 116 Å². The quantitative estimate of drug-likeness (QED) is 0.852. The first-order valence-electron chi connectivity index (χ1n) is 6.20. The largest absolute Gasteiger partial charge is 0.480 e. The topological polar surface area (TPSA) is 49.3 Å². The van der Waals surface area contributed by atoms with Crippen molar-refractivity contribution >= 4 is 17.3 Å². The average molecular weight is 275 g/mol. The molecule has 100 valence electrons. The number of rotatable bonds is 6. The third-order valence-electron chi connectivity index (χ3n) is 3.09. The SMILES string of the molecule is Cc1sccc1CN[C@H](Cc1ccccc1)C(=O)O. The molecule has 1 atom stereocenters. The van der Waals surface area contributed by atoms with Crippen LogP contribution < -0.4 is 5.32 Å². The Morgan fingerprint density at radius 2 is 2.05 bits per heavy atom. The Morgan fingerprint density at radius 3 is 2.63 bits per heavy atom. The molecule has 0 fully saturated rings. The van der Waals surface area contributed by atoms with Crippen LogP contribution in [0.25, 0.3) is 0 Å². The predicted octanol–water partition coefficient (Wildman–Crippen LogP) is 2.84. The Kier molecular flexibility index (Phi) is 4.71. The van der Waals surface area contributed by atoms with Crippen LogP contribution in [-0.4, -0.2) is 17.1 Å². The van der Waals surface area contributed by atoms with Gasteiger partial charge in [0.05, 0.1) is 0 Å². The van der Waals surface area contributed by atoms with Gasteiger partial charge in [-0.1, -0.05) is 30.3 Å². The van der Waals surface area contributed by atoms with E-state index in [0.29, 0.717) is 13.0 Å². The van der Waals surface area contributed by atoms with Crippen molar-refractivity contribution in [2.24, 2.45) is 0 Å². The molecule has 0 aliphatic heterocycles. The van der Waals surface area contributed by atoms with Crippen molar-refractivity contribution in [3.8, 4) is 0 Å². The molecule has 0 amide bonds. The molecule has 2 N–H and O–H groups in total. The van der Waals surface area contributed by atoms with Gasteiger partial charge in [0.15, 0.2) is 0 Å².